The number of hydrogen-bond acceptors (Lipinski definition) is 2. The van der Waals surface area contributed by atoms with Gasteiger partial charge >= 0.3 is 0 Å². The van der Waals surface area contributed by atoms with Gasteiger partial charge in [0.15, 0.2) is 6.29 Å². The maximum Gasteiger partial charge on any atom is 0.196 e. The Kier molecular flexibility index (Phi) is 5.08. The Bertz CT molecular complexity index is 233. The van der Waals surface area contributed by atoms with Gasteiger partial charge in [-0.25, -0.2) is 0 Å². The molecule has 0 amide bonds. The third-order valence-corrected chi connectivity index (χ3v) is 1.90. The molecule has 0 bridgehead atoms. The summed E-state index contributed by atoms with van der Waals surface area (Å²) >= 11 is 0. The summed E-state index contributed by atoms with van der Waals surface area (Å²) in [5, 5.41) is 0. The summed E-state index contributed by atoms with van der Waals surface area (Å²) in [6.07, 6.45) is 2.07. The van der Waals surface area contributed by atoms with Crippen molar-refractivity contribution < 1.29 is 9.47 Å². The van der Waals surface area contributed by atoms with Crippen molar-refractivity contribution in [2.75, 3.05) is 6.61 Å². The summed E-state index contributed by atoms with van der Waals surface area (Å²) in [5.74, 6) is 0.858. The number of rotatable bonds is 6. The molecule has 0 aliphatic rings. The predicted molar refractivity (Wildman–Crippen MR) is 57.4 cm³/mol. The minimum Gasteiger partial charge on any atom is -0.465 e. The average molecular weight is 194 g/mol. The molecule has 2 heteroatoms. The van der Waals surface area contributed by atoms with Crippen molar-refractivity contribution in [2.24, 2.45) is 0 Å². The third-order valence-electron chi connectivity index (χ3n) is 1.90. The van der Waals surface area contributed by atoms with E-state index in [2.05, 4.69) is 6.92 Å². The van der Waals surface area contributed by atoms with E-state index < -0.39 is 0 Å². The van der Waals surface area contributed by atoms with Crippen LogP contribution in [0.4, 0.5) is 0 Å². The van der Waals surface area contributed by atoms with Gasteiger partial charge in [-0.1, -0.05) is 31.5 Å². The van der Waals surface area contributed by atoms with Crippen LogP contribution in [0.25, 0.3) is 0 Å². The molecule has 2 nitrogen and oxygen atoms in total. The molecule has 1 aromatic rings. The second-order valence-electron chi connectivity index (χ2n) is 3.22. The molecule has 0 radical (unpaired) electrons. The van der Waals surface area contributed by atoms with Crippen LogP contribution in [0.15, 0.2) is 30.3 Å². The van der Waals surface area contributed by atoms with E-state index in [1.165, 1.54) is 0 Å². The molecule has 1 aromatic carbocycles. The van der Waals surface area contributed by atoms with E-state index in [-0.39, 0.29) is 6.29 Å². The zero-order chi connectivity index (χ0) is 10.2. The molecule has 0 saturated heterocycles. The molecule has 1 unspecified atom stereocenters. The van der Waals surface area contributed by atoms with Crippen molar-refractivity contribution in [2.45, 2.75) is 33.0 Å². The van der Waals surface area contributed by atoms with Gasteiger partial charge in [0.25, 0.3) is 0 Å². The predicted octanol–water partition coefficient (Wildman–Crippen LogP) is 3.23. The van der Waals surface area contributed by atoms with Crippen LogP contribution in [0.1, 0.15) is 26.7 Å². The van der Waals surface area contributed by atoms with Crippen molar-refractivity contribution in [1.29, 1.82) is 0 Å². The van der Waals surface area contributed by atoms with Gasteiger partial charge in [-0.05, 0) is 25.5 Å². The molecule has 78 valence electrons. The van der Waals surface area contributed by atoms with Crippen LogP contribution < -0.4 is 4.74 Å². The lowest BCUT2D eigenvalue weighted by atomic mass is 10.3. The van der Waals surface area contributed by atoms with Crippen LogP contribution in [0.5, 0.6) is 5.75 Å². The number of ether oxygens (including phenoxy) is 2. The van der Waals surface area contributed by atoms with Crippen LogP contribution in [-0.2, 0) is 4.74 Å². The fourth-order valence-corrected chi connectivity index (χ4v) is 1.12. The smallest absolute Gasteiger partial charge is 0.196 e. The van der Waals surface area contributed by atoms with Crippen LogP contribution in [0.2, 0.25) is 0 Å². The van der Waals surface area contributed by atoms with E-state index in [0.717, 1.165) is 25.2 Å². The molecule has 14 heavy (non-hydrogen) atoms. The maximum absolute atomic E-state index is 5.54. The fourth-order valence-electron chi connectivity index (χ4n) is 1.12. The zero-order valence-corrected chi connectivity index (χ0v) is 8.90. The highest BCUT2D eigenvalue weighted by atomic mass is 16.7. The molecule has 0 aromatic heterocycles. The monoisotopic (exact) mass is 194 g/mol. The second kappa shape index (κ2) is 6.44. The van der Waals surface area contributed by atoms with E-state index in [4.69, 9.17) is 9.47 Å². The molecule has 0 heterocycles. The number of unbranched alkanes of at least 4 members (excludes halogenated alkanes) is 1. The average Bonchev–Trinajstić information content (AvgIpc) is 2.20. The Morgan fingerprint density at radius 1 is 1.21 bits per heavy atom. The minimum atomic E-state index is -0.163. The second-order valence-corrected chi connectivity index (χ2v) is 3.22. The molecule has 0 N–H and O–H groups in total. The van der Waals surface area contributed by atoms with Crippen molar-refractivity contribution >= 4 is 0 Å². The largest absolute Gasteiger partial charge is 0.465 e. The maximum atomic E-state index is 5.54. The summed E-state index contributed by atoms with van der Waals surface area (Å²) in [6.45, 7) is 4.83. The lowest BCUT2D eigenvalue weighted by molar-refractivity contribution is -0.0673. The molecule has 0 fully saturated rings. The quantitative estimate of drug-likeness (QED) is 0.511. The Morgan fingerprint density at radius 3 is 2.57 bits per heavy atom. The molecule has 0 aliphatic carbocycles. The molecule has 1 atom stereocenters. The highest BCUT2D eigenvalue weighted by molar-refractivity contribution is 5.20. The van der Waals surface area contributed by atoms with E-state index in [1.807, 2.05) is 37.3 Å². The van der Waals surface area contributed by atoms with E-state index in [1.54, 1.807) is 0 Å². The number of benzene rings is 1. The highest BCUT2D eigenvalue weighted by Gasteiger charge is 2.01. The highest BCUT2D eigenvalue weighted by Crippen LogP contribution is 2.11. The van der Waals surface area contributed by atoms with Gasteiger partial charge in [0.2, 0.25) is 0 Å². The van der Waals surface area contributed by atoms with Crippen LogP contribution in [-0.4, -0.2) is 12.9 Å². The molecule has 0 spiro atoms. The SMILES string of the molecule is CCCCOC(C)Oc1ccccc1. The summed E-state index contributed by atoms with van der Waals surface area (Å²) in [5.41, 5.74) is 0. The molecular weight excluding hydrogens is 176 g/mol. The Balaban J connectivity index is 2.23. The van der Waals surface area contributed by atoms with Crippen molar-refractivity contribution in [3.63, 3.8) is 0 Å². The first-order chi connectivity index (χ1) is 6.83. The van der Waals surface area contributed by atoms with Crippen molar-refractivity contribution in [3.8, 4) is 5.75 Å². The topological polar surface area (TPSA) is 18.5 Å². The molecular formula is C12H18O2. The van der Waals surface area contributed by atoms with Gasteiger partial charge in [-0.2, -0.15) is 0 Å². The lowest BCUT2D eigenvalue weighted by Gasteiger charge is -2.14. The number of para-hydroxylation sites is 1. The summed E-state index contributed by atoms with van der Waals surface area (Å²) in [7, 11) is 0. The molecule has 0 saturated carbocycles. The van der Waals surface area contributed by atoms with Gasteiger partial charge in [0.1, 0.15) is 5.75 Å². The van der Waals surface area contributed by atoms with Crippen molar-refractivity contribution in [3.05, 3.63) is 30.3 Å². The Labute approximate surface area is 85.8 Å². The minimum absolute atomic E-state index is 0.163. The van der Waals surface area contributed by atoms with Gasteiger partial charge < -0.3 is 9.47 Å². The van der Waals surface area contributed by atoms with E-state index in [9.17, 15) is 0 Å². The van der Waals surface area contributed by atoms with Crippen LogP contribution in [0, 0.1) is 0 Å². The fraction of sp³-hybridized carbons (Fsp3) is 0.500. The summed E-state index contributed by atoms with van der Waals surface area (Å²) < 4.78 is 11.0. The van der Waals surface area contributed by atoms with Crippen LogP contribution in [0.3, 0.4) is 0 Å². The number of hydrogen-bond donors (Lipinski definition) is 0. The van der Waals surface area contributed by atoms with Crippen molar-refractivity contribution in [1.82, 2.24) is 0 Å². The lowest BCUT2D eigenvalue weighted by Crippen LogP contribution is -2.16. The first-order valence-electron chi connectivity index (χ1n) is 5.16. The molecule has 0 aliphatic heterocycles. The Hall–Kier alpha value is -1.02. The molecule has 1 rings (SSSR count). The summed E-state index contributed by atoms with van der Waals surface area (Å²) in [4.78, 5) is 0. The van der Waals surface area contributed by atoms with E-state index in [0.29, 0.717) is 0 Å². The van der Waals surface area contributed by atoms with Crippen LogP contribution >= 0.6 is 0 Å². The Morgan fingerprint density at radius 2 is 1.93 bits per heavy atom. The standard InChI is InChI=1S/C12H18O2/c1-3-4-10-13-11(2)14-12-8-6-5-7-9-12/h5-9,11H,3-4,10H2,1-2H3. The van der Waals surface area contributed by atoms with Gasteiger partial charge in [0, 0.05) is 0 Å². The summed E-state index contributed by atoms with van der Waals surface area (Å²) in [6, 6.07) is 9.73. The van der Waals surface area contributed by atoms with E-state index >= 15 is 0 Å². The normalized spacial score (nSPS) is 12.4. The zero-order valence-electron chi connectivity index (χ0n) is 8.90. The first kappa shape index (κ1) is 11.1. The van der Waals surface area contributed by atoms with Gasteiger partial charge in [-0.3, -0.25) is 0 Å². The third kappa shape index (κ3) is 4.28. The first-order valence-corrected chi connectivity index (χ1v) is 5.16. The van der Waals surface area contributed by atoms with Gasteiger partial charge in [-0.15, -0.1) is 0 Å². The van der Waals surface area contributed by atoms with Gasteiger partial charge in [0.05, 0.1) is 6.61 Å².